The van der Waals surface area contributed by atoms with Crippen molar-refractivity contribution in [2.75, 3.05) is 19.8 Å². The van der Waals surface area contributed by atoms with Gasteiger partial charge in [0, 0.05) is 13.3 Å². The summed E-state index contributed by atoms with van der Waals surface area (Å²) >= 11 is 0. The third kappa shape index (κ3) is 3.87. The van der Waals surface area contributed by atoms with Gasteiger partial charge in [-0.25, -0.2) is 0 Å². The zero-order valence-corrected chi connectivity index (χ0v) is 10.7. The first-order valence-corrected chi connectivity index (χ1v) is 6.15. The van der Waals surface area contributed by atoms with Crippen LogP contribution in [0.25, 0.3) is 0 Å². The van der Waals surface area contributed by atoms with E-state index in [0.29, 0.717) is 25.3 Å². The van der Waals surface area contributed by atoms with Gasteiger partial charge in [0.05, 0.1) is 19.8 Å². The zero-order valence-electron chi connectivity index (χ0n) is 10.7. The Hall–Kier alpha value is -1.73. The van der Waals surface area contributed by atoms with E-state index in [1.165, 1.54) is 0 Å². The largest absolute Gasteiger partial charge is 0.485 e. The van der Waals surface area contributed by atoms with Crippen LogP contribution in [0.2, 0.25) is 0 Å². The van der Waals surface area contributed by atoms with Gasteiger partial charge in [0.1, 0.15) is 5.69 Å². The maximum Gasteiger partial charge on any atom is 0.406 e. The molecule has 0 aliphatic carbocycles. The molecule has 104 valence electrons. The Morgan fingerprint density at radius 3 is 2.89 bits per heavy atom. The van der Waals surface area contributed by atoms with Crippen LogP contribution in [0, 0.1) is 17.0 Å². The normalized spacial score (nSPS) is 16.3. The number of nitrogens with zero attached hydrogens (tertiary/aromatic N) is 2. The van der Waals surface area contributed by atoms with E-state index in [-0.39, 0.29) is 24.5 Å². The van der Waals surface area contributed by atoms with Gasteiger partial charge in [0.15, 0.2) is 6.29 Å². The second-order valence-electron chi connectivity index (χ2n) is 4.19. The summed E-state index contributed by atoms with van der Waals surface area (Å²) in [5.74, 6) is -0.0862. The molecule has 19 heavy (non-hydrogen) atoms. The van der Waals surface area contributed by atoms with E-state index in [0.717, 1.165) is 6.42 Å². The van der Waals surface area contributed by atoms with Crippen LogP contribution < -0.4 is 4.74 Å². The van der Waals surface area contributed by atoms with Crippen molar-refractivity contribution in [2.45, 2.75) is 26.1 Å². The minimum absolute atomic E-state index is 0.173. The molecule has 2 rings (SSSR count). The molecule has 7 heteroatoms. The molecule has 1 aliphatic heterocycles. The van der Waals surface area contributed by atoms with Crippen molar-refractivity contribution in [3.8, 4) is 5.75 Å². The number of aryl methyl sites for hydroxylation is 1. The van der Waals surface area contributed by atoms with Crippen molar-refractivity contribution in [1.29, 1.82) is 0 Å². The van der Waals surface area contributed by atoms with Gasteiger partial charge in [-0.3, -0.25) is 0 Å². The molecule has 0 atom stereocenters. The zero-order chi connectivity index (χ0) is 13.7. The van der Waals surface area contributed by atoms with E-state index in [1.807, 2.05) is 0 Å². The van der Waals surface area contributed by atoms with Crippen molar-refractivity contribution in [3.63, 3.8) is 0 Å². The van der Waals surface area contributed by atoms with E-state index >= 15 is 0 Å². The lowest BCUT2D eigenvalue weighted by Gasteiger charge is -2.22. The van der Waals surface area contributed by atoms with Gasteiger partial charge in [-0.1, -0.05) is 0 Å². The SMILES string of the molecule is Cc1ccc(OCCC2OCCCO2)c([N+](=O)[O-])n1. The molecule has 1 aromatic rings. The predicted octanol–water partition coefficient (Wildman–Crippen LogP) is 1.83. The summed E-state index contributed by atoms with van der Waals surface area (Å²) in [5.41, 5.74) is 0.581. The Labute approximate surface area is 110 Å². The molecular weight excluding hydrogens is 252 g/mol. The third-order valence-electron chi connectivity index (χ3n) is 2.66. The van der Waals surface area contributed by atoms with Gasteiger partial charge in [-0.15, -0.1) is 0 Å². The fraction of sp³-hybridized carbons (Fsp3) is 0.583. The third-order valence-corrected chi connectivity index (χ3v) is 2.66. The molecule has 1 aliphatic rings. The molecule has 7 nitrogen and oxygen atoms in total. The average molecular weight is 268 g/mol. The van der Waals surface area contributed by atoms with Gasteiger partial charge in [-0.05, 0) is 28.5 Å². The molecule has 0 bridgehead atoms. The van der Waals surface area contributed by atoms with E-state index in [4.69, 9.17) is 14.2 Å². The summed E-state index contributed by atoms with van der Waals surface area (Å²) in [4.78, 5) is 14.2. The molecule has 0 aromatic carbocycles. The lowest BCUT2D eigenvalue weighted by molar-refractivity contribution is -0.390. The smallest absolute Gasteiger partial charge is 0.406 e. The Morgan fingerprint density at radius 2 is 2.21 bits per heavy atom. The van der Waals surface area contributed by atoms with Crippen LogP contribution in [0.5, 0.6) is 5.75 Å². The summed E-state index contributed by atoms with van der Waals surface area (Å²) < 4.78 is 16.1. The molecule has 0 saturated carbocycles. The first-order valence-electron chi connectivity index (χ1n) is 6.15. The molecule has 0 unspecified atom stereocenters. The molecule has 1 aromatic heterocycles. The maximum absolute atomic E-state index is 10.9. The topological polar surface area (TPSA) is 83.7 Å². The average Bonchev–Trinajstić information content (AvgIpc) is 2.41. The summed E-state index contributed by atoms with van der Waals surface area (Å²) in [6.07, 6.45) is 1.14. The molecule has 0 amide bonds. The van der Waals surface area contributed by atoms with E-state index in [1.54, 1.807) is 19.1 Å². The van der Waals surface area contributed by atoms with Crippen LogP contribution >= 0.6 is 0 Å². The molecule has 0 N–H and O–H groups in total. The Bertz CT molecular complexity index is 446. The van der Waals surface area contributed by atoms with Gasteiger partial charge in [-0.2, -0.15) is 0 Å². The van der Waals surface area contributed by atoms with Crippen LogP contribution in [-0.2, 0) is 9.47 Å². The van der Waals surface area contributed by atoms with Crippen LogP contribution in [0.4, 0.5) is 5.82 Å². The number of ether oxygens (including phenoxy) is 3. The summed E-state index contributed by atoms with van der Waals surface area (Å²) in [7, 11) is 0. The second-order valence-corrected chi connectivity index (χ2v) is 4.19. The highest BCUT2D eigenvalue weighted by Gasteiger charge is 2.19. The predicted molar refractivity (Wildman–Crippen MR) is 66.0 cm³/mol. The lowest BCUT2D eigenvalue weighted by Crippen LogP contribution is -2.26. The van der Waals surface area contributed by atoms with Crippen molar-refractivity contribution in [2.24, 2.45) is 0 Å². The standard InChI is InChI=1S/C12H16N2O5/c1-9-3-4-10(12(13-9)14(15)16)17-8-5-11-18-6-2-7-19-11/h3-4,11H,2,5-8H2,1H3. The Morgan fingerprint density at radius 1 is 1.47 bits per heavy atom. The van der Waals surface area contributed by atoms with E-state index in [2.05, 4.69) is 4.98 Å². The maximum atomic E-state index is 10.9. The van der Waals surface area contributed by atoms with Gasteiger partial charge < -0.3 is 24.3 Å². The quantitative estimate of drug-likeness (QED) is 0.598. The van der Waals surface area contributed by atoms with Crippen LogP contribution in [0.3, 0.4) is 0 Å². The minimum atomic E-state index is -0.546. The van der Waals surface area contributed by atoms with Crippen LogP contribution in [-0.4, -0.2) is 36.0 Å². The number of hydrogen-bond acceptors (Lipinski definition) is 6. The van der Waals surface area contributed by atoms with Crippen molar-refractivity contribution in [1.82, 2.24) is 4.98 Å². The molecule has 0 spiro atoms. The van der Waals surface area contributed by atoms with Crippen molar-refractivity contribution < 1.29 is 19.1 Å². The van der Waals surface area contributed by atoms with Gasteiger partial charge in [0.2, 0.25) is 5.75 Å². The fourth-order valence-electron chi connectivity index (χ4n) is 1.74. The number of rotatable bonds is 5. The summed E-state index contributed by atoms with van der Waals surface area (Å²) in [5, 5.41) is 10.9. The second kappa shape index (κ2) is 6.44. The lowest BCUT2D eigenvalue weighted by atomic mass is 10.3. The molecule has 2 heterocycles. The first kappa shape index (κ1) is 13.7. The summed E-state index contributed by atoms with van der Waals surface area (Å²) in [6.45, 7) is 3.34. The minimum Gasteiger partial charge on any atom is -0.485 e. The highest BCUT2D eigenvalue weighted by molar-refractivity contribution is 5.40. The molecule has 1 saturated heterocycles. The molecule has 0 radical (unpaired) electrons. The fourth-order valence-corrected chi connectivity index (χ4v) is 1.74. The number of hydrogen-bond donors (Lipinski definition) is 0. The highest BCUT2D eigenvalue weighted by Crippen LogP contribution is 2.24. The van der Waals surface area contributed by atoms with E-state index < -0.39 is 4.92 Å². The van der Waals surface area contributed by atoms with Crippen molar-refractivity contribution >= 4 is 5.82 Å². The van der Waals surface area contributed by atoms with E-state index in [9.17, 15) is 10.1 Å². The Balaban J connectivity index is 1.89. The van der Waals surface area contributed by atoms with Gasteiger partial charge >= 0.3 is 5.82 Å². The molecular formula is C12H16N2O5. The first-order chi connectivity index (χ1) is 9.16. The van der Waals surface area contributed by atoms with Crippen molar-refractivity contribution in [3.05, 3.63) is 27.9 Å². The monoisotopic (exact) mass is 268 g/mol. The highest BCUT2D eigenvalue weighted by atomic mass is 16.7. The van der Waals surface area contributed by atoms with Gasteiger partial charge in [0.25, 0.3) is 0 Å². The number of nitro groups is 1. The summed E-state index contributed by atoms with van der Waals surface area (Å²) in [6, 6.07) is 3.24. The van der Waals surface area contributed by atoms with Crippen LogP contribution in [0.15, 0.2) is 12.1 Å². The Kier molecular flexibility index (Phi) is 4.64. The van der Waals surface area contributed by atoms with Crippen LogP contribution in [0.1, 0.15) is 18.5 Å². The number of aromatic nitrogens is 1. The number of pyridine rings is 1. The molecule has 1 fully saturated rings.